The van der Waals surface area contributed by atoms with Gasteiger partial charge in [-0.3, -0.25) is 24.0 Å². The van der Waals surface area contributed by atoms with Gasteiger partial charge in [-0.25, -0.2) is 4.79 Å². The zero-order chi connectivity index (χ0) is 34.0. The number of carbonyl (C=O) groups is 6. The van der Waals surface area contributed by atoms with Gasteiger partial charge in [0.25, 0.3) is 5.91 Å². The van der Waals surface area contributed by atoms with Crippen LogP contribution in [0.1, 0.15) is 102 Å². The number of piperidine rings is 1. The molecule has 1 heterocycles. The molecule has 1 aliphatic heterocycles. The largest absolute Gasteiger partial charge is 0.460 e. The molecule has 12 nitrogen and oxygen atoms in total. The average Bonchev–Trinajstić information content (AvgIpc) is 3.17. The predicted molar refractivity (Wildman–Crippen MR) is 164 cm³/mol. The molecule has 0 bridgehead atoms. The van der Waals surface area contributed by atoms with E-state index in [2.05, 4.69) is 16.0 Å². The van der Waals surface area contributed by atoms with Crippen LogP contribution in [0.3, 0.4) is 0 Å². The Bertz CT molecular complexity index is 1130. The number of likely N-dealkylation sites (tertiary alicyclic amines) is 1. The Kier molecular flexibility index (Phi) is 11.3. The van der Waals surface area contributed by atoms with Crippen molar-refractivity contribution >= 4 is 35.6 Å². The first-order valence-corrected chi connectivity index (χ1v) is 15.5. The summed E-state index contributed by atoms with van der Waals surface area (Å²) in [4.78, 5) is 79.8. The van der Waals surface area contributed by atoms with Crippen molar-refractivity contribution in [3.63, 3.8) is 0 Å². The zero-order valence-corrected chi connectivity index (χ0v) is 28.6. The van der Waals surface area contributed by atoms with Gasteiger partial charge >= 0.3 is 12.1 Å². The molecule has 1 saturated carbocycles. The number of hydrogen-bond donors (Lipinski definition) is 3. The van der Waals surface area contributed by atoms with Gasteiger partial charge in [-0.15, -0.1) is 0 Å². The van der Waals surface area contributed by atoms with Gasteiger partial charge in [-0.05, 0) is 70.6 Å². The van der Waals surface area contributed by atoms with E-state index in [1.807, 2.05) is 41.5 Å². The number of nitrogens with one attached hydrogen (secondary N) is 3. The van der Waals surface area contributed by atoms with E-state index in [1.165, 1.54) is 4.90 Å². The van der Waals surface area contributed by atoms with Crippen LogP contribution in [0.4, 0.5) is 4.79 Å². The lowest BCUT2D eigenvalue weighted by atomic mass is 9.85. The Morgan fingerprint density at radius 1 is 0.886 bits per heavy atom. The van der Waals surface area contributed by atoms with Crippen LogP contribution < -0.4 is 16.0 Å². The molecule has 1 unspecified atom stereocenters. The van der Waals surface area contributed by atoms with E-state index in [4.69, 9.17) is 9.47 Å². The van der Waals surface area contributed by atoms with Gasteiger partial charge in [0.2, 0.25) is 17.6 Å². The summed E-state index contributed by atoms with van der Waals surface area (Å²) in [5.74, 6) is -3.25. The molecule has 2 fully saturated rings. The molecule has 12 heteroatoms. The molecule has 0 aromatic heterocycles. The minimum Gasteiger partial charge on any atom is -0.460 e. The highest BCUT2D eigenvalue weighted by Crippen LogP contribution is 2.65. The fourth-order valence-corrected chi connectivity index (χ4v) is 5.78. The molecule has 0 aromatic carbocycles. The second kappa shape index (κ2) is 13.4. The van der Waals surface area contributed by atoms with Crippen LogP contribution in [-0.2, 0) is 33.4 Å². The molecular weight excluding hydrogens is 568 g/mol. The van der Waals surface area contributed by atoms with Gasteiger partial charge in [-0.1, -0.05) is 48.0 Å². The minimum atomic E-state index is -1.11. The summed E-state index contributed by atoms with van der Waals surface area (Å²) in [5, 5.41) is 7.91. The average molecular weight is 623 g/mol. The van der Waals surface area contributed by atoms with E-state index in [0.29, 0.717) is 13.0 Å². The van der Waals surface area contributed by atoms with Crippen LogP contribution in [0, 0.1) is 22.7 Å². The zero-order valence-electron chi connectivity index (χ0n) is 28.6. The summed E-state index contributed by atoms with van der Waals surface area (Å²) in [6, 6.07) is -2.96. The molecular formula is C32H54N4O8. The topological polar surface area (TPSA) is 160 Å². The first-order valence-electron chi connectivity index (χ1n) is 15.5. The fourth-order valence-electron chi connectivity index (χ4n) is 5.78. The molecule has 2 rings (SSSR count). The van der Waals surface area contributed by atoms with Crippen molar-refractivity contribution < 1.29 is 38.2 Å². The van der Waals surface area contributed by atoms with Gasteiger partial charge in [0.1, 0.15) is 23.3 Å². The van der Waals surface area contributed by atoms with Gasteiger partial charge in [0.15, 0.2) is 0 Å². The lowest BCUT2D eigenvalue weighted by molar-refractivity contribution is -0.154. The molecule has 4 amide bonds. The van der Waals surface area contributed by atoms with Crippen molar-refractivity contribution in [3.8, 4) is 0 Å². The van der Waals surface area contributed by atoms with Crippen molar-refractivity contribution in [1.82, 2.24) is 20.9 Å². The number of amides is 4. The van der Waals surface area contributed by atoms with Crippen molar-refractivity contribution in [1.29, 1.82) is 0 Å². The third-order valence-electron chi connectivity index (χ3n) is 8.00. The number of Topliss-reactive ketones (excluding diaryl/α,β-unsaturated/α-hetero) is 1. The van der Waals surface area contributed by atoms with Crippen molar-refractivity contribution in [2.24, 2.45) is 22.7 Å². The van der Waals surface area contributed by atoms with Crippen molar-refractivity contribution in [3.05, 3.63) is 0 Å². The van der Waals surface area contributed by atoms with E-state index in [9.17, 15) is 28.8 Å². The number of nitrogens with zero attached hydrogens (tertiary/aromatic N) is 1. The maximum atomic E-state index is 14.0. The lowest BCUT2D eigenvalue weighted by Gasteiger charge is -2.38. The Labute approximate surface area is 262 Å². The molecule has 2 aliphatic rings. The number of hydrogen-bond acceptors (Lipinski definition) is 8. The minimum absolute atomic E-state index is 0.0702. The Balaban J connectivity index is 2.20. The van der Waals surface area contributed by atoms with Crippen molar-refractivity contribution in [2.75, 3.05) is 13.1 Å². The van der Waals surface area contributed by atoms with Crippen LogP contribution in [-0.4, -0.2) is 82.9 Å². The number of carbonyl (C=O) groups excluding carboxylic acids is 6. The quantitative estimate of drug-likeness (QED) is 0.234. The monoisotopic (exact) mass is 622 g/mol. The summed E-state index contributed by atoms with van der Waals surface area (Å²) < 4.78 is 10.6. The van der Waals surface area contributed by atoms with Crippen LogP contribution in [0.5, 0.6) is 0 Å². The third kappa shape index (κ3) is 9.66. The Hall–Kier alpha value is -3.18. The van der Waals surface area contributed by atoms with E-state index in [0.717, 1.165) is 0 Å². The van der Waals surface area contributed by atoms with Crippen molar-refractivity contribution in [2.45, 2.75) is 132 Å². The molecule has 1 saturated heterocycles. The normalized spacial score (nSPS) is 22.2. The molecule has 3 N–H and O–H groups in total. The number of ketones is 1. The van der Waals surface area contributed by atoms with Crippen LogP contribution >= 0.6 is 0 Å². The standard InChI is InChI=1S/C32H54N4O8/c1-13-14-19(23(38)26(40)33-16-15-20(37)43-30(5,6)7)34-25(39)22-21-18(32(21,11)12)17-36(22)27(41)24(29(2,3)4)35-28(42)44-31(8,9)10/h18-19,21-22,24H,13-17H2,1-12H3,(H,33,40)(H,34,39)(H,35,42)/t18?,19-,21+,22+,24-/m1/s1. The first kappa shape index (κ1) is 37.0. The molecule has 0 radical (unpaired) electrons. The Morgan fingerprint density at radius 3 is 1.95 bits per heavy atom. The molecule has 1 aliphatic carbocycles. The van der Waals surface area contributed by atoms with Gasteiger partial charge in [0.05, 0.1) is 12.5 Å². The summed E-state index contributed by atoms with van der Waals surface area (Å²) in [5.41, 5.74) is -2.33. The molecule has 250 valence electrons. The van der Waals surface area contributed by atoms with Gasteiger partial charge in [0, 0.05) is 13.1 Å². The number of alkyl carbamates (subject to hydrolysis) is 1. The second-order valence-corrected chi connectivity index (χ2v) is 15.6. The number of fused-ring (bicyclic) bond motifs is 1. The highest BCUT2D eigenvalue weighted by molar-refractivity contribution is 6.38. The predicted octanol–water partition coefficient (Wildman–Crippen LogP) is 3.11. The van der Waals surface area contributed by atoms with E-state index < -0.39 is 70.3 Å². The molecule has 5 atom stereocenters. The van der Waals surface area contributed by atoms with Crippen LogP contribution in [0.25, 0.3) is 0 Å². The smallest absolute Gasteiger partial charge is 0.408 e. The van der Waals surface area contributed by atoms with Crippen LogP contribution in [0.2, 0.25) is 0 Å². The highest BCUT2D eigenvalue weighted by atomic mass is 16.6. The lowest BCUT2D eigenvalue weighted by Crippen LogP contribution is -2.60. The van der Waals surface area contributed by atoms with Gasteiger partial charge in [-0.2, -0.15) is 0 Å². The molecule has 0 aromatic rings. The highest BCUT2D eigenvalue weighted by Gasteiger charge is 2.70. The SMILES string of the molecule is CCC[C@@H](NC(=O)[C@@H]1[C@@H]2C(CN1C(=O)[C@@H](NC(=O)OC(C)(C)C)C(C)(C)C)C2(C)C)C(=O)C(=O)NCCC(=O)OC(C)(C)C. The number of rotatable bonds is 11. The third-order valence-corrected chi connectivity index (χ3v) is 8.00. The van der Waals surface area contributed by atoms with Crippen LogP contribution in [0.15, 0.2) is 0 Å². The molecule has 44 heavy (non-hydrogen) atoms. The van der Waals surface area contributed by atoms with Gasteiger partial charge < -0.3 is 30.3 Å². The number of esters is 1. The summed E-state index contributed by atoms with van der Waals surface area (Å²) >= 11 is 0. The maximum absolute atomic E-state index is 14.0. The van der Waals surface area contributed by atoms with E-state index in [-0.39, 0.29) is 36.6 Å². The number of ether oxygens (including phenoxy) is 2. The first-order chi connectivity index (χ1) is 19.9. The second-order valence-electron chi connectivity index (χ2n) is 15.6. The Morgan fingerprint density at radius 2 is 1.45 bits per heavy atom. The summed E-state index contributed by atoms with van der Waals surface area (Å²) in [7, 11) is 0. The summed E-state index contributed by atoms with van der Waals surface area (Å²) in [6.07, 6.45) is -0.112. The maximum Gasteiger partial charge on any atom is 0.408 e. The van der Waals surface area contributed by atoms with E-state index >= 15 is 0 Å². The fraction of sp³-hybridized carbons (Fsp3) is 0.812. The molecule has 0 spiro atoms. The van der Waals surface area contributed by atoms with E-state index in [1.54, 1.807) is 41.5 Å². The summed E-state index contributed by atoms with van der Waals surface area (Å²) in [6.45, 7) is 22.0.